The van der Waals surface area contributed by atoms with Crippen molar-refractivity contribution in [3.05, 3.63) is 81.5 Å². The molecule has 0 saturated carbocycles. The lowest BCUT2D eigenvalue weighted by molar-refractivity contribution is 0.354. The highest BCUT2D eigenvalue weighted by atomic mass is 19.1. The summed E-state index contributed by atoms with van der Waals surface area (Å²) < 4.78 is 25.5. The maximum absolute atomic E-state index is 13.3. The van der Waals surface area contributed by atoms with Crippen LogP contribution in [0.15, 0.2) is 53.3 Å². The van der Waals surface area contributed by atoms with Crippen LogP contribution < -0.4 is 20.3 Å². The minimum Gasteiger partial charge on any atom is -0.493 e. The highest BCUT2D eigenvalue weighted by molar-refractivity contribution is 5.80. The van der Waals surface area contributed by atoms with Crippen LogP contribution in [0.4, 0.5) is 4.39 Å². The fourth-order valence-electron chi connectivity index (χ4n) is 3.65. The van der Waals surface area contributed by atoms with E-state index in [1.54, 1.807) is 31.0 Å². The summed E-state index contributed by atoms with van der Waals surface area (Å²) >= 11 is 0. The largest absolute Gasteiger partial charge is 0.493 e. The molecule has 0 aliphatic rings. The van der Waals surface area contributed by atoms with Gasteiger partial charge in [-0.25, -0.2) is 9.07 Å². The van der Waals surface area contributed by atoms with E-state index in [4.69, 9.17) is 9.47 Å². The first kappa shape index (κ1) is 21.6. The molecule has 7 nitrogen and oxygen atoms in total. The number of aromatic nitrogens is 3. The summed E-state index contributed by atoms with van der Waals surface area (Å²) in [4.78, 5) is 15.6. The summed E-state index contributed by atoms with van der Waals surface area (Å²) in [6.45, 7) is 3.01. The van der Waals surface area contributed by atoms with Gasteiger partial charge in [0.15, 0.2) is 11.5 Å². The molecular formula is C24H25FN4O3. The average molecular weight is 436 g/mol. The number of pyridine rings is 1. The predicted octanol–water partition coefficient (Wildman–Crippen LogP) is 3.51. The molecular weight excluding hydrogens is 411 g/mol. The fraction of sp³-hybridized carbons (Fsp3) is 0.250. The molecule has 2 aromatic heterocycles. The van der Waals surface area contributed by atoms with Gasteiger partial charge in [0.2, 0.25) is 0 Å². The monoisotopic (exact) mass is 436 g/mol. The number of rotatable bonds is 8. The van der Waals surface area contributed by atoms with Gasteiger partial charge in [-0.1, -0.05) is 6.07 Å². The SMILES string of the molecule is COc1ccc(CCNCc2cc3c(C)nn(-c4ccc(F)cc4)c3[nH]c2=O)cc1OC. The number of nitrogens with zero attached hydrogens (tertiary/aromatic N) is 2. The molecule has 0 aliphatic carbocycles. The molecule has 0 aliphatic heterocycles. The predicted molar refractivity (Wildman–Crippen MR) is 121 cm³/mol. The molecule has 166 valence electrons. The molecule has 8 heteroatoms. The van der Waals surface area contributed by atoms with E-state index in [1.165, 1.54) is 12.1 Å². The van der Waals surface area contributed by atoms with Crippen molar-refractivity contribution in [2.75, 3.05) is 20.8 Å². The van der Waals surface area contributed by atoms with E-state index in [9.17, 15) is 9.18 Å². The number of ether oxygens (including phenoxy) is 2. The third-order valence-electron chi connectivity index (χ3n) is 5.37. The van der Waals surface area contributed by atoms with Gasteiger partial charge in [0.25, 0.3) is 5.56 Å². The smallest absolute Gasteiger partial charge is 0.254 e. The van der Waals surface area contributed by atoms with Crippen molar-refractivity contribution in [3.8, 4) is 17.2 Å². The summed E-state index contributed by atoms with van der Waals surface area (Å²) in [6.07, 6.45) is 0.780. The van der Waals surface area contributed by atoms with Crippen LogP contribution in [-0.2, 0) is 13.0 Å². The lowest BCUT2D eigenvalue weighted by Gasteiger charge is -2.10. The number of nitrogens with one attached hydrogen (secondary N) is 2. The Bertz CT molecular complexity index is 1300. The van der Waals surface area contributed by atoms with Crippen LogP contribution >= 0.6 is 0 Å². The zero-order chi connectivity index (χ0) is 22.7. The van der Waals surface area contributed by atoms with Gasteiger partial charge in [0.1, 0.15) is 11.5 Å². The molecule has 0 bridgehead atoms. The Morgan fingerprint density at radius 3 is 2.53 bits per heavy atom. The van der Waals surface area contributed by atoms with E-state index in [-0.39, 0.29) is 11.4 Å². The van der Waals surface area contributed by atoms with Gasteiger partial charge in [0.05, 0.1) is 25.6 Å². The van der Waals surface area contributed by atoms with E-state index >= 15 is 0 Å². The van der Waals surface area contributed by atoms with E-state index < -0.39 is 0 Å². The quantitative estimate of drug-likeness (QED) is 0.413. The molecule has 2 heterocycles. The number of aromatic amines is 1. The van der Waals surface area contributed by atoms with Crippen molar-refractivity contribution in [3.63, 3.8) is 0 Å². The number of halogens is 1. The first-order chi connectivity index (χ1) is 15.5. The van der Waals surface area contributed by atoms with Crippen LogP contribution in [-0.4, -0.2) is 35.5 Å². The zero-order valence-electron chi connectivity index (χ0n) is 18.2. The number of benzene rings is 2. The van der Waals surface area contributed by atoms with Crippen molar-refractivity contribution in [1.29, 1.82) is 0 Å². The van der Waals surface area contributed by atoms with Crippen molar-refractivity contribution in [2.45, 2.75) is 19.9 Å². The van der Waals surface area contributed by atoms with Gasteiger partial charge in [0, 0.05) is 17.5 Å². The third-order valence-corrected chi connectivity index (χ3v) is 5.37. The third kappa shape index (κ3) is 4.36. The second kappa shape index (κ2) is 9.23. The van der Waals surface area contributed by atoms with Crippen LogP contribution in [0.2, 0.25) is 0 Å². The standard InChI is InChI=1S/C24H25FN4O3/c1-15-20-13-17(14-26-11-10-16-4-9-21(31-2)22(12-16)32-3)24(30)27-23(20)29(28-15)19-7-5-18(25)6-8-19/h4-9,12-13,26H,10-11,14H2,1-3H3,(H,27,30). The molecule has 4 rings (SSSR count). The second-order valence-electron chi connectivity index (χ2n) is 7.48. The van der Waals surface area contributed by atoms with E-state index in [2.05, 4.69) is 15.4 Å². The Labute approximate surface area is 184 Å². The number of H-pyrrole nitrogens is 1. The van der Waals surface area contributed by atoms with Crippen molar-refractivity contribution >= 4 is 11.0 Å². The molecule has 0 unspecified atom stereocenters. The minimum absolute atomic E-state index is 0.181. The first-order valence-corrected chi connectivity index (χ1v) is 10.3. The first-order valence-electron chi connectivity index (χ1n) is 10.3. The zero-order valence-corrected chi connectivity index (χ0v) is 18.2. The normalized spacial score (nSPS) is 11.1. The summed E-state index contributed by atoms with van der Waals surface area (Å²) in [7, 11) is 3.22. The molecule has 0 atom stereocenters. The highest BCUT2D eigenvalue weighted by Crippen LogP contribution is 2.27. The summed E-state index contributed by atoms with van der Waals surface area (Å²) in [6, 6.07) is 13.7. The van der Waals surface area contributed by atoms with Crippen LogP contribution in [0, 0.1) is 12.7 Å². The Morgan fingerprint density at radius 1 is 1.06 bits per heavy atom. The van der Waals surface area contributed by atoms with Crippen LogP contribution in [0.3, 0.4) is 0 Å². The molecule has 4 aromatic rings. The van der Waals surface area contributed by atoms with E-state index in [0.29, 0.717) is 41.5 Å². The second-order valence-corrected chi connectivity index (χ2v) is 7.48. The van der Waals surface area contributed by atoms with Gasteiger partial charge in [-0.2, -0.15) is 5.10 Å². The van der Waals surface area contributed by atoms with Crippen LogP contribution in [0.5, 0.6) is 11.5 Å². The Balaban J connectivity index is 1.47. The van der Waals surface area contributed by atoms with Gasteiger partial charge >= 0.3 is 0 Å². The van der Waals surface area contributed by atoms with Gasteiger partial charge in [-0.3, -0.25) is 4.79 Å². The number of aryl methyl sites for hydroxylation is 1. The minimum atomic E-state index is -0.322. The number of fused-ring (bicyclic) bond motifs is 1. The number of hydrogen-bond donors (Lipinski definition) is 2. The number of hydrogen-bond acceptors (Lipinski definition) is 5. The molecule has 2 N–H and O–H groups in total. The molecule has 0 saturated heterocycles. The Hall–Kier alpha value is -3.65. The van der Waals surface area contributed by atoms with Gasteiger partial charge in [-0.15, -0.1) is 0 Å². The van der Waals surface area contributed by atoms with Crippen molar-refractivity contribution in [1.82, 2.24) is 20.1 Å². The fourth-order valence-corrected chi connectivity index (χ4v) is 3.65. The lowest BCUT2D eigenvalue weighted by atomic mass is 10.1. The van der Waals surface area contributed by atoms with Crippen molar-refractivity contribution in [2.24, 2.45) is 0 Å². The summed E-state index contributed by atoms with van der Waals surface area (Å²) in [5.74, 6) is 1.07. The van der Waals surface area contributed by atoms with Crippen LogP contribution in [0.25, 0.3) is 16.7 Å². The van der Waals surface area contributed by atoms with Gasteiger partial charge < -0.3 is 19.8 Å². The Kier molecular flexibility index (Phi) is 6.23. The molecule has 2 aromatic carbocycles. The molecule has 32 heavy (non-hydrogen) atoms. The molecule has 0 spiro atoms. The molecule has 0 amide bonds. The van der Waals surface area contributed by atoms with E-state index in [0.717, 1.165) is 23.1 Å². The maximum Gasteiger partial charge on any atom is 0.254 e. The topological polar surface area (TPSA) is 81.2 Å². The molecule has 0 radical (unpaired) electrons. The van der Waals surface area contributed by atoms with Crippen LogP contribution in [0.1, 0.15) is 16.8 Å². The van der Waals surface area contributed by atoms with E-state index in [1.807, 2.05) is 31.2 Å². The number of methoxy groups -OCH3 is 2. The highest BCUT2D eigenvalue weighted by Gasteiger charge is 2.13. The Morgan fingerprint density at radius 2 is 1.81 bits per heavy atom. The van der Waals surface area contributed by atoms with Crippen molar-refractivity contribution < 1.29 is 13.9 Å². The maximum atomic E-state index is 13.3. The lowest BCUT2D eigenvalue weighted by Crippen LogP contribution is -2.23. The summed E-state index contributed by atoms with van der Waals surface area (Å²) in [5, 5.41) is 8.70. The summed E-state index contributed by atoms with van der Waals surface area (Å²) in [5.41, 5.74) is 3.61. The van der Waals surface area contributed by atoms with Gasteiger partial charge in [-0.05, 0) is 67.9 Å². The molecule has 0 fully saturated rings. The average Bonchev–Trinajstić information content (AvgIpc) is 3.12.